The molecule has 0 spiro atoms. The number of benzene rings is 1. The van der Waals surface area contributed by atoms with E-state index in [1.54, 1.807) is 17.8 Å². The third-order valence-electron chi connectivity index (χ3n) is 3.11. The smallest absolute Gasteiger partial charge is 0.197 e. The molecule has 0 saturated carbocycles. The quantitative estimate of drug-likeness (QED) is 0.878. The number of hydrogen-bond donors (Lipinski definition) is 2. The van der Waals surface area contributed by atoms with Crippen molar-refractivity contribution in [2.24, 2.45) is 4.99 Å². The molecule has 6 heteroatoms. The van der Waals surface area contributed by atoms with Crippen LogP contribution in [0.15, 0.2) is 47.6 Å². The van der Waals surface area contributed by atoms with Crippen molar-refractivity contribution in [3.63, 3.8) is 0 Å². The average molecular weight is 269 g/mol. The van der Waals surface area contributed by atoms with Crippen LogP contribution < -0.4 is 10.6 Å². The van der Waals surface area contributed by atoms with Crippen LogP contribution in [0.1, 0.15) is 6.92 Å². The summed E-state index contributed by atoms with van der Waals surface area (Å²) >= 11 is 0. The first-order valence-electron chi connectivity index (χ1n) is 6.42. The molecular formula is C14H15N5O. The molecule has 1 aliphatic rings. The van der Waals surface area contributed by atoms with Gasteiger partial charge in [0.2, 0.25) is 0 Å². The molecule has 0 amide bonds. The van der Waals surface area contributed by atoms with Crippen molar-refractivity contribution >= 4 is 17.6 Å². The first kappa shape index (κ1) is 12.4. The number of nitrogens with one attached hydrogen (secondary N) is 2. The highest BCUT2D eigenvalue weighted by molar-refractivity contribution is 5.98. The highest BCUT2D eigenvalue weighted by atomic mass is 16.1. The van der Waals surface area contributed by atoms with Gasteiger partial charge < -0.3 is 10.6 Å². The molecule has 3 rings (SSSR count). The molecule has 0 bridgehead atoms. The lowest BCUT2D eigenvalue weighted by Gasteiger charge is -2.09. The number of para-hydroxylation sites is 1. The van der Waals surface area contributed by atoms with Crippen molar-refractivity contribution in [1.29, 1.82) is 0 Å². The molecule has 1 aliphatic heterocycles. The fourth-order valence-corrected chi connectivity index (χ4v) is 2.05. The van der Waals surface area contributed by atoms with E-state index in [1.165, 1.54) is 0 Å². The summed E-state index contributed by atoms with van der Waals surface area (Å²) < 4.78 is 1.78. The molecule has 1 unspecified atom stereocenters. The topological polar surface area (TPSA) is 71.3 Å². The molecule has 1 aromatic heterocycles. The van der Waals surface area contributed by atoms with Crippen molar-refractivity contribution < 1.29 is 4.79 Å². The molecule has 2 aromatic rings. The van der Waals surface area contributed by atoms with Gasteiger partial charge in [-0.15, -0.1) is 0 Å². The van der Waals surface area contributed by atoms with E-state index in [2.05, 4.69) is 20.7 Å². The fourth-order valence-electron chi connectivity index (χ4n) is 2.05. The number of carbonyl (C=O) groups is 1. The molecule has 0 fully saturated rings. The largest absolute Gasteiger partial charge is 0.353 e. The Labute approximate surface area is 116 Å². The zero-order chi connectivity index (χ0) is 13.9. The summed E-state index contributed by atoms with van der Waals surface area (Å²) in [5.74, 6) is 1.46. The minimum atomic E-state index is -0.300. The molecule has 6 nitrogen and oxygen atoms in total. The van der Waals surface area contributed by atoms with Gasteiger partial charge in [-0.2, -0.15) is 5.10 Å². The van der Waals surface area contributed by atoms with Crippen LogP contribution in [0.2, 0.25) is 0 Å². The Morgan fingerprint density at radius 2 is 2.15 bits per heavy atom. The number of hydrogen-bond acceptors (Lipinski definition) is 5. The van der Waals surface area contributed by atoms with Crippen molar-refractivity contribution in [3.05, 3.63) is 42.6 Å². The van der Waals surface area contributed by atoms with Gasteiger partial charge in [0.25, 0.3) is 0 Å². The standard InChI is InChI=1S/C14H15N5O/c1-10(20)12-9-15-14(17-12)18-13-7-8-16-19(13)11-5-3-2-4-6-11/h2-8,12H,9H2,1H3,(H2,15,17,18). The van der Waals surface area contributed by atoms with Gasteiger partial charge in [0.15, 0.2) is 11.7 Å². The monoisotopic (exact) mass is 269 g/mol. The van der Waals surface area contributed by atoms with Crippen molar-refractivity contribution in [2.45, 2.75) is 13.0 Å². The van der Waals surface area contributed by atoms with Crippen LogP contribution in [0.25, 0.3) is 5.69 Å². The second kappa shape index (κ2) is 5.16. The number of Topliss-reactive ketones (excluding diaryl/α,β-unsaturated/α-hetero) is 1. The van der Waals surface area contributed by atoms with E-state index in [9.17, 15) is 4.79 Å². The van der Waals surface area contributed by atoms with E-state index in [0.29, 0.717) is 12.5 Å². The predicted molar refractivity (Wildman–Crippen MR) is 77.1 cm³/mol. The Kier molecular flexibility index (Phi) is 3.20. The zero-order valence-electron chi connectivity index (χ0n) is 11.1. The van der Waals surface area contributed by atoms with Crippen LogP contribution in [0, 0.1) is 0 Å². The summed E-state index contributed by atoms with van der Waals surface area (Å²) in [6.07, 6.45) is 1.72. The third kappa shape index (κ3) is 2.40. The van der Waals surface area contributed by atoms with Crippen LogP contribution in [0.3, 0.4) is 0 Å². The van der Waals surface area contributed by atoms with Crippen LogP contribution in [-0.2, 0) is 4.79 Å². The lowest BCUT2D eigenvalue weighted by molar-refractivity contribution is -0.117. The summed E-state index contributed by atoms with van der Waals surface area (Å²) in [6, 6.07) is 11.4. The predicted octanol–water partition coefficient (Wildman–Crippen LogP) is 1.20. The number of aromatic nitrogens is 2. The molecule has 0 aliphatic carbocycles. The van der Waals surface area contributed by atoms with E-state index >= 15 is 0 Å². The first-order chi connectivity index (χ1) is 9.74. The first-order valence-corrected chi connectivity index (χ1v) is 6.42. The third-order valence-corrected chi connectivity index (χ3v) is 3.11. The maximum atomic E-state index is 11.3. The fraction of sp³-hybridized carbons (Fsp3) is 0.214. The lowest BCUT2D eigenvalue weighted by atomic mass is 10.2. The minimum Gasteiger partial charge on any atom is -0.353 e. The van der Waals surface area contributed by atoms with Gasteiger partial charge in [-0.1, -0.05) is 18.2 Å². The second-order valence-electron chi connectivity index (χ2n) is 4.57. The Balaban J connectivity index is 1.82. The van der Waals surface area contributed by atoms with Gasteiger partial charge in [-0.25, -0.2) is 9.67 Å². The molecular weight excluding hydrogens is 254 g/mol. The molecule has 0 saturated heterocycles. The Hall–Kier alpha value is -2.63. The SMILES string of the molecule is CC(=O)C1CNC(Nc2ccnn2-c2ccccc2)=N1. The maximum Gasteiger partial charge on any atom is 0.197 e. The average Bonchev–Trinajstić information content (AvgIpc) is 3.09. The normalized spacial score (nSPS) is 17.4. The highest BCUT2D eigenvalue weighted by Crippen LogP contribution is 2.14. The van der Waals surface area contributed by atoms with Crippen molar-refractivity contribution in [1.82, 2.24) is 15.1 Å². The number of nitrogens with zero attached hydrogens (tertiary/aromatic N) is 3. The number of guanidine groups is 1. The van der Waals surface area contributed by atoms with Crippen LogP contribution in [0.5, 0.6) is 0 Å². The summed E-state index contributed by atoms with van der Waals surface area (Å²) in [4.78, 5) is 15.6. The summed E-state index contributed by atoms with van der Waals surface area (Å²) in [5, 5.41) is 10.5. The highest BCUT2D eigenvalue weighted by Gasteiger charge is 2.21. The minimum absolute atomic E-state index is 0.0610. The number of ketones is 1. The van der Waals surface area contributed by atoms with Gasteiger partial charge in [-0.05, 0) is 19.1 Å². The Morgan fingerprint density at radius 1 is 1.35 bits per heavy atom. The Bertz CT molecular complexity index is 647. The number of carbonyl (C=O) groups excluding carboxylic acids is 1. The van der Waals surface area contributed by atoms with Crippen LogP contribution in [0.4, 0.5) is 5.82 Å². The van der Waals surface area contributed by atoms with E-state index in [0.717, 1.165) is 11.5 Å². The molecule has 20 heavy (non-hydrogen) atoms. The molecule has 1 atom stereocenters. The number of aliphatic imine (C=N–C) groups is 1. The number of rotatable bonds is 3. The van der Waals surface area contributed by atoms with E-state index in [4.69, 9.17) is 0 Å². The number of anilines is 1. The summed E-state index contributed by atoms with van der Waals surface area (Å²) in [6.45, 7) is 2.09. The van der Waals surface area contributed by atoms with Crippen LogP contribution >= 0.6 is 0 Å². The lowest BCUT2D eigenvalue weighted by Crippen LogP contribution is -2.29. The van der Waals surface area contributed by atoms with E-state index in [-0.39, 0.29) is 11.8 Å². The summed E-state index contributed by atoms with van der Waals surface area (Å²) in [5.41, 5.74) is 0.960. The van der Waals surface area contributed by atoms with Gasteiger partial charge in [0.1, 0.15) is 11.9 Å². The molecule has 2 N–H and O–H groups in total. The van der Waals surface area contributed by atoms with Crippen molar-refractivity contribution in [3.8, 4) is 5.69 Å². The molecule has 2 heterocycles. The molecule has 0 radical (unpaired) electrons. The van der Waals surface area contributed by atoms with E-state index in [1.807, 2.05) is 36.4 Å². The van der Waals surface area contributed by atoms with Gasteiger partial charge in [0, 0.05) is 12.6 Å². The maximum absolute atomic E-state index is 11.3. The van der Waals surface area contributed by atoms with Gasteiger partial charge in [-0.3, -0.25) is 4.79 Å². The zero-order valence-corrected chi connectivity index (χ0v) is 11.1. The molecule has 1 aromatic carbocycles. The molecule has 102 valence electrons. The van der Waals surface area contributed by atoms with Crippen molar-refractivity contribution in [2.75, 3.05) is 11.9 Å². The van der Waals surface area contributed by atoms with E-state index < -0.39 is 0 Å². The Morgan fingerprint density at radius 3 is 2.85 bits per heavy atom. The second-order valence-corrected chi connectivity index (χ2v) is 4.57. The summed E-state index contributed by atoms with van der Waals surface area (Å²) in [7, 11) is 0. The van der Waals surface area contributed by atoms with Gasteiger partial charge in [0.05, 0.1) is 11.9 Å². The van der Waals surface area contributed by atoms with Gasteiger partial charge >= 0.3 is 0 Å². The van der Waals surface area contributed by atoms with Crippen LogP contribution in [-0.4, -0.2) is 34.1 Å².